The fourth-order valence-corrected chi connectivity index (χ4v) is 14.1. The van der Waals surface area contributed by atoms with Crippen LogP contribution in [0, 0.1) is 20.8 Å². The van der Waals surface area contributed by atoms with Gasteiger partial charge in [0.1, 0.15) is 17.5 Å². The number of aliphatic hydroxyl groups is 1. The van der Waals surface area contributed by atoms with Crippen LogP contribution in [0.5, 0.6) is 0 Å². The van der Waals surface area contributed by atoms with Gasteiger partial charge < -0.3 is 20.1 Å². The van der Waals surface area contributed by atoms with E-state index in [0.717, 1.165) is 103 Å². The molecule has 87 heavy (non-hydrogen) atoms. The van der Waals surface area contributed by atoms with E-state index in [1.807, 2.05) is 86.6 Å². The summed E-state index contributed by atoms with van der Waals surface area (Å²) in [6.45, 7) is 9.99. The number of rotatable bonds is 12. The van der Waals surface area contributed by atoms with Crippen molar-refractivity contribution in [3.05, 3.63) is 257 Å². The fraction of sp³-hybridized carbons (Fsp3) is 0.219. The van der Waals surface area contributed by atoms with Gasteiger partial charge in [-0.25, -0.2) is 36.9 Å². The molecule has 9 aromatic carbocycles. The summed E-state index contributed by atoms with van der Waals surface area (Å²) in [5.74, 6) is 5.94. The number of nitrogens with two attached hydrogens (primary N) is 1. The van der Waals surface area contributed by atoms with Crippen molar-refractivity contribution in [2.45, 2.75) is 105 Å². The third-order valence-corrected chi connectivity index (χ3v) is 19.6. The van der Waals surface area contributed by atoms with Crippen LogP contribution in [0.3, 0.4) is 0 Å². The smallest absolute Gasteiger partial charge is 0.238 e. The van der Waals surface area contributed by atoms with Gasteiger partial charge in [-0.3, -0.25) is 0 Å². The molecule has 14 heteroatoms. The molecular formula is C73H69N7O5S2. The van der Waals surface area contributed by atoms with E-state index in [4.69, 9.17) is 20.1 Å². The Kier molecular flexibility index (Phi) is 14.8. The normalized spacial score (nSPS) is 18.9. The molecular weight excluding hydrogens is 1120 g/mol. The molecule has 0 amide bonds. The van der Waals surface area contributed by atoms with Crippen LogP contribution in [-0.2, 0) is 25.5 Å². The summed E-state index contributed by atoms with van der Waals surface area (Å²) in [7, 11) is -7.10. The quantitative estimate of drug-likeness (QED) is 0.0795. The topological polar surface area (TPSA) is 201 Å². The zero-order valence-electron chi connectivity index (χ0n) is 49.5. The number of fused-ring (bicyclic) bond motifs is 3. The molecule has 3 saturated carbocycles. The van der Waals surface area contributed by atoms with E-state index in [1.165, 1.54) is 45.7 Å². The standard InChI is InChI=1S/C26H26N2O.C24H22N2O2S.C23H21N3O2S/c1-16-8-10-17(11-9-16)20-15-21(20)25-27-23-13-12-18(14-24(23)28-25)19-6-4-5-7-22(19)26(2,3)29;1-15-7-9-16(10-8-15)19-14-20(19)24-25-21-12-11-17(13-22(21)26-24)18-5-3-4-6-23(18)29(2,27)28;1-14-6-8-15(9-7-14)18-13-19(18)23-25-20-11-10-16(12-21(20)26-23)17-4-2-3-5-22(17)29(24,27)28/h4-14,20-21,29H,15H2,1-3H3,(H,27,28);3-13,19-20H,14H2,1-2H3,(H,25,26);2-12,18-19H,13H2,1H3,(H,25,26)(H2,24,27,28)/t20-,21+;;18-,19+/m1.0/s1. The minimum absolute atomic E-state index is 0.126. The molecule has 0 radical (unpaired) electrons. The number of benzene rings is 9. The molecule has 3 aliphatic rings. The van der Waals surface area contributed by atoms with Crippen LogP contribution in [0.25, 0.3) is 66.5 Å². The Hall–Kier alpha value is -8.79. The van der Waals surface area contributed by atoms with E-state index in [1.54, 1.807) is 24.3 Å². The summed E-state index contributed by atoms with van der Waals surface area (Å²) in [5.41, 5.74) is 18.8. The Balaban J connectivity index is 0.000000121. The van der Waals surface area contributed by atoms with Gasteiger partial charge in [0.2, 0.25) is 10.0 Å². The van der Waals surface area contributed by atoms with Gasteiger partial charge in [-0.1, -0.05) is 168 Å². The number of aryl methyl sites for hydroxylation is 3. The number of hydrogen-bond donors (Lipinski definition) is 5. The lowest BCUT2D eigenvalue weighted by molar-refractivity contribution is 0.0792. The molecule has 3 aromatic heterocycles. The second-order valence-corrected chi connectivity index (χ2v) is 28.1. The maximum absolute atomic E-state index is 12.2. The number of nitrogens with one attached hydrogen (secondary N) is 3. The van der Waals surface area contributed by atoms with Crippen LogP contribution < -0.4 is 5.14 Å². The molecule has 438 valence electrons. The second-order valence-electron chi connectivity index (χ2n) is 24.6. The van der Waals surface area contributed by atoms with Gasteiger partial charge in [0, 0.05) is 35.1 Å². The molecule has 3 fully saturated rings. The van der Waals surface area contributed by atoms with Crippen molar-refractivity contribution >= 4 is 53.0 Å². The summed E-state index contributed by atoms with van der Waals surface area (Å²) in [5, 5.41) is 16.0. The largest absolute Gasteiger partial charge is 0.386 e. The minimum Gasteiger partial charge on any atom is -0.386 e. The van der Waals surface area contributed by atoms with Gasteiger partial charge in [-0.15, -0.1) is 0 Å². The number of aromatic nitrogens is 6. The first-order valence-electron chi connectivity index (χ1n) is 29.6. The minimum atomic E-state index is -3.80. The highest BCUT2D eigenvalue weighted by Crippen LogP contribution is 2.56. The van der Waals surface area contributed by atoms with Crippen LogP contribution in [0.2, 0.25) is 0 Å². The van der Waals surface area contributed by atoms with Crippen LogP contribution in [0.1, 0.15) is 125 Å². The molecule has 2 unspecified atom stereocenters. The Morgan fingerprint density at radius 3 is 1.10 bits per heavy atom. The summed E-state index contributed by atoms with van der Waals surface area (Å²) in [6, 6.07) is 66.3. The molecule has 15 rings (SSSR count). The molecule has 12 aromatic rings. The lowest BCUT2D eigenvalue weighted by Crippen LogP contribution is -2.16. The monoisotopic (exact) mass is 1190 g/mol. The van der Waals surface area contributed by atoms with Gasteiger partial charge >= 0.3 is 0 Å². The summed E-state index contributed by atoms with van der Waals surface area (Å²) in [4.78, 5) is 25.4. The number of sulfonamides is 1. The van der Waals surface area contributed by atoms with Gasteiger partial charge in [-0.05, 0) is 165 Å². The summed E-state index contributed by atoms with van der Waals surface area (Å²) < 4.78 is 48.2. The third-order valence-electron chi connectivity index (χ3n) is 17.4. The molecule has 6 N–H and O–H groups in total. The lowest BCUT2D eigenvalue weighted by atomic mass is 9.89. The second kappa shape index (κ2) is 22.5. The maximum Gasteiger partial charge on any atom is 0.238 e. The van der Waals surface area contributed by atoms with E-state index in [-0.39, 0.29) is 4.90 Å². The lowest BCUT2D eigenvalue weighted by Gasteiger charge is -2.21. The van der Waals surface area contributed by atoms with Crippen LogP contribution in [0.4, 0.5) is 0 Å². The van der Waals surface area contributed by atoms with Crippen molar-refractivity contribution in [1.29, 1.82) is 0 Å². The highest BCUT2D eigenvalue weighted by atomic mass is 32.2. The predicted molar refractivity (Wildman–Crippen MR) is 348 cm³/mol. The molecule has 6 atom stereocenters. The number of primary sulfonamides is 1. The van der Waals surface area contributed by atoms with E-state index in [2.05, 4.69) is 133 Å². The van der Waals surface area contributed by atoms with Gasteiger partial charge in [0.05, 0.1) is 48.5 Å². The summed E-state index contributed by atoms with van der Waals surface area (Å²) in [6.07, 6.45) is 4.59. The first-order chi connectivity index (χ1) is 41.7. The van der Waals surface area contributed by atoms with E-state index < -0.39 is 25.5 Å². The highest BCUT2D eigenvalue weighted by molar-refractivity contribution is 7.90. The van der Waals surface area contributed by atoms with Crippen molar-refractivity contribution in [2.24, 2.45) is 5.14 Å². The van der Waals surface area contributed by atoms with Crippen molar-refractivity contribution < 1.29 is 21.9 Å². The average Bonchev–Trinajstić information content (AvgIpc) is 1.78. The maximum atomic E-state index is 12.2. The number of sulfone groups is 1. The first-order valence-corrected chi connectivity index (χ1v) is 33.1. The van der Waals surface area contributed by atoms with E-state index in [9.17, 15) is 21.9 Å². The molecule has 0 saturated heterocycles. The Morgan fingerprint density at radius 1 is 0.425 bits per heavy atom. The zero-order valence-corrected chi connectivity index (χ0v) is 51.1. The molecule has 0 aliphatic heterocycles. The summed E-state index contributed by atoms with van der Waals surface area (Å²) >= 11 is 0. The van der Waals surface area contributed by atoms with Gasteiger partial charge in [-0.2, -0.15) is 0 Å². The van der Waals surface area contributed by atoms with Crippen molar-refractivity contribution in [2.75, 3.05) is 6.26 Å². The zero-order chi connectivity index (χ0) is 60.5. The highest BCUT2D eigenvalue weighted by Gasteiger charge is 2.43. The number of H-pyrrole nitrogens is 3. The SMILES string of the molecule is Cc1ccc(C2CC2c2nc3ccc(-c4ccccc4S(C)(=O)=O)cc3[nH]2)cc1.Cc1ccc([C@@H]2C[C@H]2c2nc3ccc(-c4ccccc4S(N)(=O)=O)cc3[nH]2)cc1.Cc1ccc([C@H]2C[C@@H]2c2nc3ccc(-c4ccccc4C(C)(C)O)cc3[nH]2)cc1. The number of nitrogens with zero attached hydrogens (tertiary/aromatic N) is 3. The molecule has 3 aliphatic carbocycles. The molecule has 0 bridgehead atoms. The average molecular weight is 1190 g/mol. The molecule has 0 spiro atoms. The van der Waals surface area contributed by atoms with Gasteiger partial charge in [0.15, 0.2) is 9.84 Å². The van der Waals surface area contributed by atoms with Gasteiger partial charge in [0.25, 0.3) is 0 Å². The van der Waals surface area contributed by atoms with Crippen molar-refractivity contribution in [3.63, 3.8) is 0 Å². The van der Waals surface area contributed by atoms with Crippen molar-refractivity contribution in [3.8, 4) is 33.4 Å². The van der Waals surface area contributed by atoms with Crippen LogP contribution >= 0.6 is 0 Å². The Bertz CT molecular complexity index is 4580. The number of aromatic amines is 3. The van der Waals surface area contributed by atoms with Crippen LogP contribution in [-0.4, -0.2) is 58.1 Å². The van der Waals surface area contributed by atoms with E-state index in [0.29, 0.717) is 46.0 Å². The molecule has 12 nitrogen and oxygen atoms in total. The number of imidazole rings is 3. The molecule has 3 heterocycles. The Labute approximate surface area is 508 Å². The van der Waals surface area contributed by atoms with Crippen LogP contribution in [0.15, 0.2) is 210 Å². The predicted octanol–water partition coefficient (Wildman–Crippen LogP) is 15.7. The third kappa shape index (κ3) is 12.2. The Morgan fingerprint density at radius 2 is 0.747 bits per heavy atom. The number of hydrogen-bond acceptors (Lipinski definition) is 8. The van der Waals surface area contributed by atoms with Crippen molar-refractivity contribution in [1.82, 2.24) is 29.9 Å². The fourth-order valence-electron chi connectivity index (χ4n) is 12.4. The first kappa shape index (κ1) is 57.3. The van der Waals surface area contributed by atoms with E-state index >= 15 is 0 Å².